The van der Waals surface area contributed by atoms with Gasteiger partial charge in [-0.25, -0.2) is 9.97 Å². The number of hydrogen-bond donors (Lipinski definition) is 2. The predicted molar refractivity (Wildman–Crippen MR) is 156 cm³/mol. The largest absolute Gasteiger partial charge is 0.343 e. The van der Waals surface area contributed by atoms with E-state index >= 15 is 0 Å². The number of amides is 2. The molecule has 4 atom stereocenters. The van der Waals surface area contributed by atoms with Crippen LogP contribution in [0.3, 0.4) is 0 Å². The Bertz CT molecular complexity index is 1140. The first-order valence-corrected chi connectivity index (χ1v) is 14.9. The first kappa shape index (κ1) is 29.2. The van der Waals surface area contributed by atoms with E-state index in [1.165, 1.54) is 12.0 Å². The van der Waals surface area contributed by atoms with E-state index in [0.717, 1.165) is 55.5 Å². The summed E-state index contributed by atoms with van der Waals surface area (Å²) < 4.78 is 0. The lowest BCUT2D eigenvalue weighted by Gasteiger charge is -2.35. The predicted octanol–water partition coefficient (Wildman–Crippen LogP) is 5.55. The molecule has 0 bridgehead atoms. The van der Waals surface area contributed by atoms with Gasteiger partial charge in [-0.05, 0) is 82.0 Å². The van der Waals surface area contributed by atoms with Crippen LogP contribution in [0.1, 0.15) is 102 Å². The number of carbonyl (C=O) groups excluding carboxylic acids is 2. The van der Waals surface area contributed by atoms with Gasteiger partial charge in [0.25, 0.3) is 0 Å². The zero-order valence-corrected chi connectivity index (χ0v) is 24.7. The average molecular weight is 534 g/mol. The Kier molecular flexibility index (Phi) is 9.76. The lowest BCUT2D eigenvalue weighted by molar-refractivity contribution is -0.139. The van der Waals surface area contributed by atoms with Crippen molar-refractivity contribution in [2.45, 2.75) is 104 Å². The normalized spacial score (nSPS) is 20.6. The van der Waals surface area contributed by atoms with Crippen molar-refractivity contribution < 1.29 is 9.59 Å². The van der Waals surface area contributed by atoms with Crippen molar-refractivity contribution in [1.82, 2.24) is 25.5 Å². The van der Waals surface area contributed by atoms with Gasteiger partial charge in [-0.1, -0.05) is 58.2 Å². The number of carbonyl (C=O) groups is 2. The fraction of sp³-hybridized carbons (Fsp3) is 0.625. The first-order chi connectivity index (χ1) is 18.7. The van der Waals surface area contributed by atoms with Gasteiger partial charge in [-0.3, -0.25) is 9.59 Å². The van der Waals surface area contributed by atoms with Crippen LogP contribution < -0.4 is 10.6 Å². The second-order valence-electron chi connectivity index (χ2n) is 12.0. The summed E-state index contributed by atoms with van der Waals surface area (Å²) in [5.41, 5.74) is 4.17. The highest BCUT2D eigenvalue weighted by Crippen LogP contribution is 2.36. The Morgan fingerprint density at radius 3 is 2.41 bits per heavy atom. The molecule has 1 aliphatic heterocycles. The number of nitrogens with one attached hydrogen (secondary N) is 2. The Balaban J connectivity index is 1.62. The van der Waals surface area contributed by atoms with Gasteiger partial charge in [0.15, 0.2) is 0 Å². The molecule has 1 saturated carbocycles. The topological polar surface area (TPSA) is 87.2 Å². The van der Waals surface area contributed by atoms with Crippen molar-refractivity contribution in [3.8, 4) is 11.3 Å². The maximum absolute atomic E-state index is 14.1. The molecule has 1 saturated heterocycles. The quantitative estimate of drug-likeness (QED) is 0.441. The summed E-state index contributed by atoms with van der Waals surface area (Å²) in [6.07, 6.45) is 7.16. The van der Waals surface area contributed by atoms with Crippen molar-refractivity contribution in [1.29, 1.82) is 0 Å². The summed E-state index contributed by atoms with van der Waals surface area (Å²) in [5, 5.41) is 6.14. The summed E-state index contributed by atoms with van der Waals surface area (Å²) >= 11 is 0. The monoisotopic (exact) mass is 533 g/mol. The van der Waals surface area contributed by atoms with Gasteiger partial charge in [0.05, 0.1) is 23.5 Å². The highest BCUT2D eigenvalue weighted by atomic mass is 16.2. The van der Waals surface area contributed by atoms with Gasteiger partial charge >= 0.3 is 0 Å². The van der Waals surface area contributed by atoms with E-state index in [1.807, 2.05) is 18.7 Å². The Morgan fingerprint density at radius 2 is 1.72 bits per heavy atom. The number of nitrogens with zero attached hydrogens (tertiary/aromatic N) is 3. The molecule has 2 amide bonds. The van der Waals surface area contributed by atoms with Gasteiger partial charge in [0.2, 0.25) is 11.8 Å². The van der Waals surface area contributed by atoms with Gasteiger partial charge in [0.1, 0.15) is 11.9 Å². The van der Waals surface area contributed by atoms with E-state index in [2.05, 4.69) is 61.7 Å². The number of likely N-dealkylation sites (N-methyl/N-ethyl adjacent to an activating group) is 1. The van der Waals surface area contributed by atoms with E-state index in [-0.39, 0.29) is 29.8 Å². The third kappa shape index (κ3) is 6.86. The third-order valence-corrected chi connectivity index (χ3v) is 8.95. The van der Waals surface area contributed by atoms with Crippen molar-refractivity contribution in [2.24, 2.45) is 11.8 Å². The Labute approximate surface area is 234 Å². The summed E-state index contributed by atoms with van der Waals surface area (Å²) in [6, 6.07) is 9.76. The Morgan fingerprint density at radius 1 is 0.974 bits per heavy atom. The van der Waals surface area contributed by atoms with Crippen LogP contribution in [-0.4, -0.2) is 52.4 Å². The molecule has 1 aromatic carbocycles. The van der Waals surface area contributed by atoms with Crippen LogP contribution in [0.25, 0.3) is 11.3 Å². The molecule has 2 heterocycles. The number of aryl methyl sites for hydroxylation is 1. The average Bonchev–Trinajstić information content (AvgIpc) is 3.45. The highest BCUT2D eigenvalue weighted by molar-refractivity contribution is 5.90. The van der Waals surface area contributed by atoms with Gasteiger partial charge in [-0.15, -0.1) is 0 Å². The zero-order chi connectivity index (χ0) is 28.1. The van der Waals surface area contributed by atoms with Crippen LogP contribution in [0.15, 0.2) is 30.3 Å². The number of rotatable bonds is 9. The molecule has 39 heavy (non-hydrogen) atoms. The maximum atomic E-state index is 14.1. The Hall–Kier alpha value is -2.80. The molecule has 2 aliphatic rings. The molecule has 7 heteroatoms. The van der Waals surface area contributed by atoms with Crippen molar-refractivity contribution in [3.63, 3.8) is 0 Å². The summed E-state index contributed by atoms with van der Waals surface area (Å²) in [5.74, 6) is 1.81. The summed E-state index contributed by atoms with van der Waals surface area (Å²) in [6.45, 7) is 11.2. The molecule has 1 aliphatic carbocycles. The molecule has 7 nitrogen and oxygen atoms in total. The van der Waals surface area contributed by atoms with Gasteiger partial charge < -0.3 is 15.5 Å². The highest BCUT2D eigenvalue weighted by Gasteiger charge is 2.39. The van der Waals surface area contributed by atoms with E-state index in [4.69, 9.17) is 9.97 Å². The molecular weight excluding hydrogens is 486 g/mol. The minimum Gasteiger partial charge on any atom is -0.343 e. The van der Waals surface area contributed by atoms with Gasteiger partial charge in [0, 0.05) is 12.1 Å². The van der Waals surface area contributed by atoms with E-state index in [1.54, 1.807) is 7.05 Å². The number of hydrogen-bond acceptors (Lipinski definition) is 5. The van der Waals surface area contributed by atoms with Crippen LogP contribution in [0.4, 0.5) is 0 Å². The molecule has 0 radical (unpaired) electrons. The second-order valence-corrected chi connectivity index (χ2v) is 12.0. The van der Waals surface area contributed by atoms with E-state index < -0.39 is 6.04 Å². The van der Waals surface area contributed by atoms with Crippen molar-refractivity contribution in [2.75, 3.05) is 13.6 Å². The molecule has 2 fully saturated rings. The molecule has 4 unspecified atom stereocenters. The first-order valence-electron chi connectivity index (χ1n) is 14.9. The molecule has 4 rings (SSSR count). The van der Waals surface area contributed by atoms with Crippen LogP contribution in [-0.2, 0) is 9.59 Å². The molecular formula is C32H47N5O2. The third-order valence-electron chi connectivity index (χ3n) is 8.95. The van der Waals surface area contributed by atoms with E-state index in [9.17, 15) is 9.59 Å². The fourth-order valence-electron chi connectivity index (χ4n) is 6.05. The zero-order valence-electron chi connectivity index (χ0n) is 24.7. The van der Waals surface area contributed by atoms with Gasteiger partial charge in [-0.2, -0.15) is 0 Å². The number of benzene rings is 1. The number of aromatic nitrogens is 2. The standard InChI is InChI=1S/C32H47N5O2/c1-20(2)21(3)25-14-10-15-26(18-25)27-19-28(35-23(5)34-27)29-16-11-17-37(29)32(39)30(24-12-8-7-9-13-24)36-31(38)22(4)33-6/h10,14-15,18-22,24,29-30,33H,7-9,11-13,16-17H2,1-6H3,(H,36,38). The van der Waals surface area contributed by atoms with E-state index in [0.29, 0.717) is 24.2 Å². The molecule has 1 aromatic heterocycles. The summed E-state index contributed by atoms with van der Waals surface area (Å²) in [4.78, 5) is 38.6. The van der Waals surface area contributed by atoms with Crippen molar-refractivity contribution >= 4 is 11.8 Å². The lowest BCUT2D eigenvalue weighted by Crippen LogP contribution is -2.55. The smallest absolute Gasteiger partial charge is 0.246 e. The molecule has 2 aromatic rings. The summed E-state index contributed by atoms with van der Waals surface area (Å²) in [7, 11) is 1.77. The molecule has 2 N–H and O–H groups in total. The lowest BCUT2D eigenvalue weighted by atomic mass is 9.83. The molecule has 0 spiro atoms. The number of likely N-dealkylation sites (tertiary alicyclic amines) is 1. The maximum Gasteiger partial charge on any atom is 0.246 e. The second kappa shape index (κ2) is 13.0. The van der Waals surface area contributed by atoms with Crippen molar-refractivity contribution in [3.05, 3.63) is 47.4 Å². The van der Waals surface area contributed by atoms with Crippen LogP contribution in [0.5, 0.6) is 0 Å². The fourth-order valence-corrected chi connectivity index (χ4v) is 6.05. The van der Waals surface area contributed by atoms with Crippen LogP contribution in [0, 0.1) is 18.8 Å². The SMILES string of the molecule is CNC(C)C(=O)NC(C(=O)N1CCCC1c1cc(-c2cccc(C(C)C(C)C)c2)nc(C)n1)C1CCCCC1. The van der Waals surface area contributed by atoms with Crippen LogP contribution in [0.2, 0.25) is 0 Å². The minimum atomic E-state index is -0.495. The minimum absolute atomic E-state index is 0.0339. The molecule has 212 valence electrons. The van der Waals surface area contributed by atoms with Crippen LogP contribution >= 0.6 is 0 Å².